The fourth-order valence-corrected chi connectivity index (χ4v) is 3.26. The van der Waals surface area contributed by atoms with Crippen LogP contribution in [0.25, 0.3) is 38.4 Å². The van der Waals surface area contributed by atoms with Crippen LogP contribution in [0.4, 0.5) is 13.2 Å². The average Bonchev–Trinajstić information content (AvgIpc) is 2.62. The maximum absolute atomic E-state index is 12.1. The molecule has 0 N–H and O–H groups in total. The quantitative estimate of drug-likeness (QED) is 0.268. The number of hydrogen-bond acceptors (Lipinski definition) is 2. The van der Waals surface area contributed by atoms with Crippen molar-refractivity contribution in [2.75, 3.05) is 6.61 Å². The molecule has 4 aromatic rings. The lowest BCUT2D eigenvalue weighted by molar-refractivity contribution is -0.182. The Morgan fingerprint density at radius 2 is 1.50 bits per heavy atom. The molecule has 0 spiro atoms. The lowest BCUT2D eigenvalue weighted by Gasteiger charge is -2.12. The molecule has 0 saturated carbocycles. The largest absolute Gasteiger partial charge is 0.453 e. The first-order valence-electron chi connectivity index (χ1n) is 8.00. The number of alkyl halides is 3. The van der Waals surface area contributed by atoms with Gasteiger partial charge in [-0.1, -0.05) is 54.6 Å². The number of hydrogen-bond donors (Lipinski definition) is 0. The van der Waals surface area contributed by atoms with Crippen molar-refractivity contribution in [1.29, 1.82) is 0 Å². The third kappa shape index (κ3) is 2.96. The van der Waals surface area contributed by atoms with Gasteiger partial charge in [-0.2, -0.15) is 13.2 Å². The molecule has 0 aromatic heterocycles. The van der Waals surface area contributed by atoms with E-state index in [1.807, 2.05) is 48.5 Å². The van der Waals surface area contributed by atoms with E-state index in [9.17, 15) is 18.0 Å². The summed E-state index contributed by atoms with van der Waals surface area (Å²) in [5, 5.41) is 6.45. The molecule has 26 heavy (non-hydrogen) atoms. The van der Waals surface area contributed by atoms with Crippen LogP contribution < -0.4 is 0 Å². The first-order valence-corrected chi connectivity index (χ1v) is 8.00. The zero-order chi connectivity index (χ0) is 18.3. The van der Waals surface area contributed by atoms with E-state index < -0.39 is 18.8 Å². The fourth-order valence-electron chi connectivity index (χ4n) is 3.26. The SMILES string of the molecule is O=C(/C=C/c1ccc2ccc3cccc4ccc1c2c34)OCC(F)(F)F. The number of carbonyl (C=O) groups excluding carboxylic acids is 1. The topological polar surface area (TPSA) is 26.3 Å². The summed E-state index contributed by atoms with van der Waals surface area (Å²) >= 11 is 0. The van der Waals surface area contributed by atoms with E-state index in [2.05, 4.69) is 10.8 Å². The molecule has 0 radical (unpaired) electrons. The molecule has 0 fully saturated rings. The molecule has 0 atom stereocenters. The molecule has 5 heteroatoms. The Labute approximate surface area is 146 Å². The predicted molar refractivity (Wildman–Crippen MR) is 96.2 cm³/mol. The highest BCUT2D eigenvalue weighted by Gasteiger charge is 2.29. The van der Waals surface area contributed by atoms with Gasteiger partial charge >= 0.3 is 12.1 Å². The van der Waals surface area contributed by atoms with Crippen LogP contribution in [-0.2, 0) is 9.53 Å². The van der Waals surface area contributed by atoms with Crippen LogP contribution in [0.3, 0.4) is 0 Å². The third-order valence-electron chi connectivity index (χ3n) is 4.34. The summed E-state index contributed by atoms with van der Waals surface area (Å²) in [5.74, 6) is -1.02. The van der Waals surface area contributed by atoms with Crippen LogP contribution >= 0.6 is 0 Å². The molecule has 0 saturated heterocycles. The van der Waals surface area contributed by atoms with E-state index in [0.29, 0.717) is 0 Å². The summed E-state index contributed by atoms with van der Waals surface area (Å²) in [6.07, 6.45) is -2.01. The maximum Gasteiger partial charge on any atom is 0.422 e. The minimum Gasteiger partial charge on any atom is -0.453 e. The minimum absolute atomic E-state index is 0.750. The van der Waals surface area contributed by atoms with Crippen molar-refractivity contribution in [1.82, 2.24) is 0 Å². The van der Waals surface area contributed by atoms with E-state index in [0.717, 1.165) is 44.0 Å². The fraction of sp³-hybridized carbons (Fsp3) is 0.0952. The summed E-state index contributed by atoms with van der Waals surface area (Å²) in [7, 11) is 0. The van der Waals surface area contributed by atoms with Gasteiger partial charge in [0, 0.05) is 6.08 Å². The highest BCUT2D eigenvalue weighted by Crippen LogP contribution is 2.36. The van der Waals surface area contributed by atoms with Crippen molar-refractivity contribution in [3.05, 3.63) is 66.2 Å². The number of rotatable bonds is 3. The summed E-state index contributed by atoms with van der Waals surface area (Å²) in [5.41, 5.74) is 0.750. The molecule has 0 aliphatic heterocycles. The Bertz CT molecular complexity index is 1130. The lowest BCUT2D eigenvalue weighted by Crippen LogP contribution is -2.19. The third-order valence-corrected chi connectivity index (χ3v) is 4.34. The van der Waals surface area contributed by atoms with Gasteiger partial charge in [-0.25, -0.2) is 4.79 Å². The molecule has 130 valence electrons. The number of ether oxygens (including phenoxy) is 1. The summed E-state index contributed by atoms with van der Waals surface area (Å²) < 4.78 is 40.6. The first kappa shape index (κ1) is 16.4. The van der Waals surface area contributed by atoms with E-state index >= 15 is 0 Å². The van der Waals surface area contributed by atoms with Crippen LogP contribution in [0.5, 0.6) is 0 Å². The van der Waals surface area contributed by atoms with Crippen molar-refractivity contribution in [2.24, 2.45) is 0 Å². The highest BCUT2D eigenvalue weighted by atomic mass is 19.4. The predicted octanol–water partition coefficient (Wildman–Crippen LogP) is 5.70. The minimum atomic E-state index is -4.53. The lowest BCUT2D eigenvalue weighted by atomic mass is 9.92. The zero-order valence-electron chi connectivity index (χ0n) is 13.5. The number of esters is 1. The van der Waals surface area contributed by atoms with Crippen molar-refractivity contribution in [3.8, 4) is 0 Å². The molecular formula is C21H13F3O2. The summed E-state index contributed by atoms with van der Waals surface area (Å²) in [6.45, 7) is -1.59. The van der Waals surface area contributed by atoms with Gasteiger partial charge in [0.05, 0.1) is 0 Å². The van der Waals surface area contributed by atoms with Crippen molar-refractivity contribution in [3.63, 3.8) is 0 Å². The van der Waals surface area contributed by atoms with Gasteiger partial charge in [-0.05, 0) is 44.0 Å². The van der Waals surface area contributed by atoms with Crippen molar-refractivity contribution < 1.29 is 22.7 Å². The number of halogens is 3. The van der Waals surface area contributed by atoms with Gasteiger partial charge in [0.15, 0.2) is 6.61 Å². The van der Waals surface area contributed by atoms with Gasteiger partial charge in [-0.3, -0.25) is 0 Å². The molecule has 2 nitrogen and oxygen atoms in total. The first-order chi connectivity index (χ1) is 12.4. The monoisotopic (exact) mass is 354 g/mol. The Morgan fingerprint density at radius 3 is 2.19 bits per heavy atom. The molecule has 0 amide bonds. The Hall–Kier alpha value is -3.08. The average molecular weight is 354 g/mol. The maximum atomic E-state index is 12.1. The van der Waals surface area contributed by atoms with Gasteiger partial charge < -0.3 is 4.74 Å². The zero-order valence-corrected chi connectivity index (χ0v) is 13.5. The van der Waals surface area contributed by atoms with E-state index in [4.69, 9.17) is 0 Å². The molecule has 0 aliphatic carbocycles. The second-order valence-corrected chi connectivity index (χ2v) is 6.07. The molecule has 0 bridgehead atoms. The standard InChI is InChI=1S/C21H13F3O2/c22-21(23,24)12-26-18(25)11-9-13-4-5-16-7-6-14-2-1-3-15-8-10-17(13)20(16)19(14)15/h1-11H,12H2/b11-9+. The van der Waals surface area contributed by atoms with Crippen LogP contribution in [-0.4, -0.2) is 18.8 Å². The highest BCUT2D eigenvalue weighted by molar-refractivity contribution is 6.24. The van der Waals surface area contributed by atoms with E-state index in [1.165, 1.54) is 6.08 Å². The second-order valence-electron chi connectivity index (χ2n) is 6.07. The van der Waals surface area contributed by atoms with Crippen LogP contribution in [0.15, 0.2) is 60.7 Å². The Balaban J connectivity index is 1.76. The molecule has 4 rings (SSSR count). The van der Waals surface area contributed by atoms with Crippen LogP contribution in [0, 0.1) is 0 Å². The Kier molecular flexibility index (Phi) is 3.80. The van der Waals surface area contributed by atoms with Crippen LogP contribution in [0.1, 0.15) is 5.56 Å². The van der Waals surface area contributed by atoms with E-state index in [-0.39, 0.29) is 0 Å². The molecule has 4 aromatic carbocycles. The normalized spacial score (nSPS) is 12.6. The van der Waals surface area contributed by atoms with Gasteiger partial charge in [-0.15, -0.1) is 0 Å². The van der Waals surface area contributed by atoms with E-state index in [1.54, 1.807) is 0 Å². The Morgan fingerprint density at radius 1 is 0.885 bits per heavy atom. The second kappa shape index (κ2) is 6.02. The summed E-state index contributed by atoms with van der Waals surface area (Å²) in [4.78, 5) is 11.5. The molecule has 0 heterocycles. The smallest absolute Gasteiger partial charge is 0.422 e. The summed E-state index contributed by atoms with van der Waals surface area (Å²) in [6, 6.07) is 17.9. The van der Waals surface area contributed by atoms with Crippen molar-refractivity contribution >= 4 is 44.4 Å². The van der Waals surface area contributed by atoms with Gasteiger partial charge in [0.1, 0.15) is 0 Å². The number of benzene rings is 4. The molecule has 0 unspecified atom stereocenters. The van der Waals surface area contributed by atoms with Crippen LogP contribution in [0.2, 0.25) is 0 Å². The van der Waals surface area contributed by atoms with Gasteiger partial charge in [0.25, 0.3) is 0 Å². The van der Waals surface area contributed by atoms with Gasteiger partial charge in [0.2, 0.25) is 0 Å². The molecular weight excluding hydrogens is 341 g/mol. The number of carbonyl (C=O) groups is 1. The van der Waals surface area contributed by atoms with Crippen molar-refractivity contribution in [2.45, 2.75) is 6.18 Å². The molecule has 0 aliphatic rings.